The Morgan fingerprint density at radius 3 is 2.96 bits per heavy atom. The zero-order chi connectivity index (χ0) is 18.1. The molecule has 134 valence electrons. The summed E-state index contributed by atoms with van der Waals surface area (Å²) in [5.41, 5.74) is 1.51. The molecule has 2 aromatic heterocycles. The summed E-state index contributed by atoms with van der Waals surface area (Å²) in [6.07, 6.45) is 3.21. The van der Waals surface area contributed by atoms with E-state index in [9.17, 15) is 9.59 Å². The number of pyridine rings is 1. The second-order valence-electron chi connectivity index (χ2n) is 6.67. The van der Waals surface area contributed by atoms with E-state index in [1.165, 1.54) is 0 Å². The Bertz CT molecular complexity index is 1030. The van der Waals surface area contributed by atoms with E-state index < -0.39 is 0 Å². The number of nitrogens with zero attached hydrogens (tertiary/aromatic N) is 4. The minimum atomic E-state index is -0.116. The summed E-state index contributed by atoms with van der Waals surface area (Å²) >= 11 is 0. The van der Waals surface area contributed by atoms with Crippen LogP contribution < -0.4 is 10.7 Å². The van der Waals surface area contributed by atoms with E-state index in [0.717, 1.165) is 48.7 Å². The average Bonchev–Trinajstić information content (AvgIpc) is 3.07. The number of carbonyl (C=O) groups is 1. The Hall–Kier alpha value is -2.96. The second kappa shape index (κ2) is 6.74. The maximum atomic E-state index is 12.5. The number of carbonyl (C=O) groups excluding carboxylic acids is 1. The molecule has 0 saturated carbocycles. The van der Waals surface area contributed by atoms with Gasteiger partial charge in [0.1, 0.15) is 12.4 Å². The van der Waals surface area contributed by atoms with Crippen molar-refractivity contribution in [1.29, 1.82) is 0 Å². The third kappa shape index (κ3) is 3.00. The van der Waals surface area contributed by atoms with Crippen molar-refractivity contribution < 1.29 is 4.79 Å². The molecule has 7 nitrogen and oxygen atoms in total. The number of rotatable bonds is 4. The molecular formula is C19H21N5O2. The Kier molecular flexibility index (Phi) is 4.28. The first-order chi connectivity index (χ1) is 12.6. The van der Waals surface area contributed by atoms with Crippen LogP contribution in [0.3, 0.4) is 0 Å². The Morgan fingerprint density at radius 1 is 1.23 bits per heavy atom. The Balaban J connectivity index is 1.51. The van der Waals surface area contributed by atoms with Crippen LogP contribution in [-0.2, 0) is 30.8 Å². The lowest BCUT2D eigenvalue weighted by Crippen LogP contribution is -2.30. The minimum absolute atomic E-state index is 0.0233. The standard InChI is InChI=1S/C19H21N5O2/c1-13-10-16(25)14-6-2-3-7-15(14)24(13)12-19(26)20-11-18-22-21-17-8-4-5-9-23(17)18/h2-3,6-7,10H,4-5,8-9,11-12H2,1H3,(H,20,26). The molecule has 0 bridgehead atoms. The number of hydrogen-bond acceptors (Lipinski definition) is 4. The highest BCUT2D eigenvalue weighted by Crippen LogP contribution is 2.14. The van der Waals surface area contributed by atoms with Gasteiger partial charge in [0.25, 0.3) is 0 Å². The maximum Gasteiger partial charge on any atom is 0.240 e. The van der Waals surface area contributed by atoms with Gasteiger partial charge in [-0.05, 0) is 31.9 Å². The molecule has 0 spiro atoms. The van der Waals surface area contributed by atoms with Crippen molar-refractivity contribution in [2.24, 2.45) is 0 Å². The molecule has 0 unspecified atom stereocenters. The summed E-state index contributed by atoms with van der Waals surface area (Å²) in [6, 6.07) is 8.93. The van der Waals surface area contributed by atoms with Gasteiger partial charge >= 0.3 is 0 Å². The first-order valence-electron chi connectivity index (χ1n) is 8.90. The lowest BCUT2D eigenvalue weighted by Gasteiger charge is -2.16. The van der Waals surface area contributed by atoms with E-state index >= 15 is 0 Å². The Labute approximate surface area is 150 Å². The van der Waals surface area contributed by atoms with Gasteiger partial charge in [0, 0.05) is 30.1 Å². The molecule has 7 heteroatoms. The van der Waals surface area contributed by atoms with Gasteiger partial charge in [-0.2, -0.15) is 0 Å². The highest BCUT2D eigenvalue weighted by molar-refractivity contribution is 5.82. The fourth-order valence-electron chi connectivity index (χ4n) is 3.54. The summed E-state index contributed by atoms with van der Waals surface area (Å²) in [6.45, 7) is 3.28. The van der Waals surface area contributed by atoms with Crippen LogP contribution in [0.2, 0.25) is 0 Å². The van der Waals surface area contributed by atoms with Gasteiger partial charge in [0.2, 0.25) is 5.91 Å². The molecule has 1 N–H and O–H groups in total. The number of fused-ring (bicyclic) bond motifs is 2. The van der Waals surface area contributed by atoms with Crippen molar-refractivity contribution in [3.63, 3.8) is 0 Å². The summed E-state index contributed by atoms with van der Waals surface area (Å²) < 4.78 is 3.97. The van der Waals surface area contributed by atoms with Gasteiger partial charge < -0.3 is 14.5 Å². The largest absolute Gasteiger partial charge is 0.347 e. The number of benzene rings is 1. The molecule has 0 aliphatic carbocycles. The van der Waals surface area contributed by atoms with Crippen molar-refractivity contribution in [1.82, 2.24) is 24.6 Å². The molecule has 26 heavy (non-hydrogen) atoms. The molecule has 1 aromatic carbocycles. The summed E-state index contributed by atoms with van der Waals surface area (Å²) in [5, 5.41) is 12.0. The van der Waals surface area contributed by atoms with Gasteiger partial charge in [-0.25, -0.2) is 0 Å². The summed E-state index contributed by atoms with van der Waals surface area (Å²) in [5.74, 6) is 1.69. The maximum absolute atomic E-state index is 12.5. The smallest absolute Gasteiger partial charge is 0.240 e. The monoisotopic (exact) mass is 351 g/mol. The first kappa shape index (κ1) is 16.5. The first-order valence-corrected chi connectivity index (χ1v) is 8.90. The van der Waals surface area contributed by atoms with Crippen molar-refractivity contribution in [2.75, 3.05) is 0 Å². The van der Waals surface area contributed by atoms with E-state index in [1.54, 1.807) is 12.1 Å². The number of nitrogens with one attached hydrogen (secondary N) is 1. The number of aryl methyl sites for hydroxylation is 2. The van der Waals surface area contributed by atoms with Gasteiger partial charge in [-0.3, -0.25) is 9.59 Å². The molecule has 3 aromatic rings. The predicted octanol–water partition coefficient (Wildman–Crippen LogP) is 1.55. The summed E-state index contributed by atoms with van der Waals surface area (Å²) in [4.78, 5) is 24.6. The normalized spacial score (nSPS) is 13.6. The van der Waals surface area contributed by atoms with Crippen LogP contribution in [0.15, 0.2) is 35.1 Å². The third-order valence-electron chi connectivity index (χ3n) is 4.91. The van der Waals surface area contributed by atoms with Crippen molar-refractivity contribution >= 4 is 16.8 Å². The van der Waals surface area contributed by atoms with Crippen LogP contribution in [0, 0.1) is 6.92 Å². The van der Waals surface area contributed by atoms with Crippen LogP contribution >= 0.6 is 0 Å². The van der Waals surface area contributed by atoms with Crippen LogP contribution in [0.4, 0.5) is 0 Å². The van der Waals surface area contributed by atoms with Crippen molar-refractivity contribution in [2.45, 2.75) is 45.8 Å². The van der Waals surface area contributed by atoms with E-state index in [-0.39, 0.29) is 17.9 Å². The molecule has 1 aliphatic rings. The quantitative estimate of drug-likeness (QED) is 0.773. The average molecular weight is 351 g/mol. The van der Waals surface area contributed by atoms with E-state index in [4.69, 9.17) is 0 Å². The Morgan fingerprint density at radius 2 is 2.08 bits per heavy atom. The van der Waals surface area contributed by atoms with Gasteiger partial charge in [0.15, 0.2) is 11.3 Å². The molecule has 0 atom stereocenters. The zero-order valence-corrected chi connectivity index (χ0v) is 14.7. The second-order valence-corrected chi connectivity index (χ2v) is 6.67. The van der Waals surface area contributed by atoms with Crippen LogP contribution in [-0.4, -0.2) is 25.2 Å². The zero-order valence-electron chi connectivity index (χ0n) is 14.7. The van der Waals surface area contributed by atoms with Crippen LogP contribution in [0.5, 0.6) is 0 Å². The number of para-hydroxylation sites is 1. The molecule has 4 rings (SSSR count). The topological polar surface area (TPSA) is 81.8 Å². The molecule has 0 radical (unpaired) electrons. The third-order valence-corrected chi connectivity index (χ3v) is 4.91. The highest BCUT2D eigenvalue weighted by atomic mass is 16.2. The molecule has 1 aliphatic heterocycles. The van der Waals surface area contributed by atoms with E-state index in [1.807, 2.05) is 29.7 Å². The summed E-state index contributed by atoms with van der Waals surface area (Å²) in [7, 11) is 0. The number of aromatic nitrogens is 4. The van der Waals surface area contributed by atoms with Crippen molar-refractivity contribution in [3.05, 3.63) is 57.9 Å². The molecule has 3 heterocycles. The van der Waals surface area contributed by atoms with E-state index in [0.29, 0.717) is 11.9 Å². The SMILES string of the molecule is Cc1cc(=O)c2ccccc2n1CC(=O)NCc1nnc2n1CCCC2. The lowest BCUT2D eigenvalue weighted by molar-refractivity contribution is -0.121. The highest BCUT2D eigenvalue weighted by Gasteiger charge is 2.16. The van der Waals surface area contributed by atoms with Crippen molar-refractivity contribution in [3.8, 4) is 0 Å². The molecule has 0 fully saturated rings. The fourth-order valence-corrected chi connectivity index (χ4v) is 3.54. The molecular weight excluding hydrogens is 330 g/mol. The number of amides is 1. The van der Waals surface area contributed by atoms with E-state index in [2.05, 4.69) is 20.1 Å². The lowest BCUT2D eigenvalue weighted by atomic mass is 10.1. The van der Waals surface area contributed by atoms with Crippen LogP contribution in [0.25, 0.3) is 10.9 Å². The van der Waals surface area contributed by atoms with Crippen LogP contribution in [0.1, 0.15) is 30.2 Å². The number of hydrogen-bond donors (Lipinski definition) is 1. The molecule has 1 amide bonds. The van der Waals surface area contributed by atoms with Gasteiger partial charge in [-0.1, -0.05) is 12.1 Å². The predicted molar refractivity (Wildman–Crippen MR) is 97.8 cm³/mol. The van der Waals surface area contributed by atoms with Gasteiger partial charge in [-0.15, -0.1) is 10.2 Å². The van der Waals surface area contributed by atoms with Gasteiger partial charge in [0.05, 0.1) is 12.1 Å². The molecule has 0 saturated heterocycles. The fraction of sp³-hybridized carbons (Fsp3) is 0.368. The minimum Gasteiger partial charge on any atom is -0.347 e.